The van der Waals surface area contributed by atoms with Crippen LogP contribution >= 0.6 is 11.6 Å². The van der Waals surface area contributed by atoms with E-state index >= 15 is 0 Å². The van der Waals surface area contributed by atoms with Crippen LogP contribution in [0, 0.1) is 5.82 Å². The minimum absolute atomic E-state index is 0.0490. The highest BCUT2D eigenvalue weighted by Gasteiger charge is 2.28. The summed E-state index contributed by atoms with van der Waals surface area (Å²) < 4.78 is 35.9. The lowest BCUT2D eigenvalue weighted by atomic mass is 10.1. The molecule has 0 atom stereocenters. The number of ether oxygens (including phenoxy) is 4. The number of allylic oxidation sites excluding steroid dienone is 1. The number of halogens is 2. The van der Waals surface area contributed by atoms with Crippen LogP contribution in [-0.4, -0.2) is 20.0 Å². The molecule has 4 rings (SSSR count). The molecule has 158 valence electrons. The Hall–Kier alpha value is -3.51. The Balaban J connectivity index is 1.54. The second kappa shape index (κ2) is 8.70. The number of rotatable bonds is 6. The van der Waals surface area contributed by atoms with E-state index in [-0.39, 0.29) is 28.7 Å². The Labute approximate surface area is 183 Å². The fourth-order valence-corrected chi connectivity index (χ4v) is 3.39. The molecule has 0 radical (unpaired) electrons. The lowest BCUT2D eigenvalue weighted by Crippen LogP contribution is -1.99. The highest BCUT2D eigenvalue weighted by atomic mass is 35.5. The van der Waals surface area contributed by atoms with Crippen molar-refractivity contribution in [3.63, 3.8) is 0 Å². The van der Waals surface area contributed by atoms with E-state index in [4.69, 9.17) is 30.5 Å². The lowest BCUT2D eigenvalue weighted by Gasteiger charge is -2.09. The van der Waals surface area contributed by atoms with Gasteiger partial charge < -0.3 is 18.9 Å². The number of carbonyl (C=O) groups excluding carboxylic acids is 1. The van der Waals surface area contributed by atoms with Gasteiger partial charge in [0.1, 0.15) is 23.9 Å². The number of fused-ring (bicyclic) bond motifs is 1. The summed E-state index contributed by atoms with van der Waals surface area (Å²) in [7, 11) is 3.09. The van der Waals surface area contributed by atoms with E-state index in [1.54, 1.807) is 55.7 Å². The highest BCUT2D eigenvalue weighted by molar-refractivity contribution is 6.31. The zero-order valence-electron chi connectivity index (χ0n) is 16.8. The van der Waals surface area contributed by atoms with Gasteiger partial charge in [-0.3, -0.25) is 4.79 Å². The van der Waals surface area contributed by atoms with Crippen molar-refractivity contribution in [3.8, 4) is 23.0 Å². The summed E-state index contributed by atoms with van der Waals surface area (Å²) in [6.07, 6.45) is 1.63. The molecule has 0 amide bonds. The Morgan fingerprint density at radius 1 is 1.03 bits per heavy atom. The monoisotopic (exact) mass is 440 g/mol. The molecule has 0 saturated carbocycles. The quantitative estimate of drug-likeness (QED) is 0.461. The first-order chi connectivity index (χ1) is 15.0. The molecule has 5 nitrogen and oxygen atoms in total. The van der Waals surface area contributed by atoms with Crippen molar-refractivity contribution in [2.75, 3.05) is 14.2 Å². The minimum Gasteiger partial charge on any atom is -0.493 e. The Bertz CT molecular complexity index is 1170. The summed E-state index contributed by atoms with van der Waals surface area (Å²) in [5, 5.41) is 0.285. The van der Waals surface area contributed by atoms with Gasteiger partial charge in [0.05, 0.1) is 24.8 Å². The van der Waals surface area contributed by atoms with Crippen LogP contribution < -0.4 is 18.9 Å². The molecule has 0 spiro atoms. The van der Waals surface area contributed by atoms with Gasteiger partial charge in [0.2, 0.25) is 5.78 Å². The molecule has 0 fully saturated rings. The molecule has 1 heterocycles. The third-order valence-corrected chi connectivity index (χ3v) is 5.15. The fourth-order valence-electron chi connectivity index (χ4n) is 3.18. The number of carbonyl (C=O) groups is 1. The van der Waals surface area contributed by atoms with Crippen LogP contribution in [0.3, 0.4) is 0 Å². The lowest BCUT2D eigenvalue weighted by molar-refractivity contribution is 0.101. The van der Waals surface area contributed by atoms with E-state index in [0.29, 0.717) is 28.6 Å². The van der Waals surface area contributed by atoms with Crippen molar-refractivity contribution in [2.24, 2.45) is 0 Å². The van der Waals surface area contributed by atoms with Gasteiger partial charge in [-0.2, -0.15) is 0 Å². The molecule has 0 aliphatic carbocycles. The molecule has 0 N–H and O–H groups in total. The second-order valence-corrected chi connectivity index (χ2v) is 7.11. The van der Waals surface area contributed by atoms with Crippen LogP contribution in [0.4, 0.5) is 4.39 Å². The van der Waals surface area contributed by atoms with Crippen LogP contribution in [0.15, 0.2) is 60.4 Å². The van der Waals surface area contributed by atoms with Gasteiger partial charge in [0.25, 0.3) is 0 Å². The number of benzene rings is 3. The molecular weight excluding hydrogens is 423 g/mol. The second-order valence-electron chi connectivity index (χ2n) is 6.70. The average molecular weight is 441 g/mol. The summed E-state index contributed by atoms with van der Waals surface area (Å²) in [5.74, 6) is 1.42. The predicted molar refractivity (Wildman–Crippen MR) is 115 cm³/mol. The normalized spacial score (nSPS) is 13.7. The van der Waals surface area contributed by atoms with E-state index in [2.05, 4.69) is 0 Å². The van der Waals surface area contributed by atoms with E-state index in [1.165, 1.54) is 19.2 Å². The van der Waals surface area contributed by atoms with Crippen LogP contribution in [-0.2, 0) is 6.61 Å². The molecule has 0 aromatic heterocycles. The predicted octanol–water partition coefficient (Wildman–Crippen LogP) is 5.69. The SMILES string of the molecule is COc1ccc(C=C2Oc3cc(OCc4c(F)cccc4Cl)ccc3C2=O)cc1OC. The molecule has 1 aliphatic heterocycles. The van der Waals surface area contributed by atoms with Crippen molar-refractivity contribution >= 4 is 23.5 Å². The Kier molecular flexibility index (Phi) is 5.82. The van der Waals surface area contributed by atoms with Gasteiger partial charge in [0, 0.05) is 11.6 Å². The zero-order chi connectivity index (χ0) is 22.0. The summed E-state index contributed by atoms with van der Waals surface area (Å²) in [4.78, 5) is 12.7. The maximum absolute atomic E-state index is 13.9. The molecular formula is C24H18ClFO5. The Morgan fingerprint density at radius 3 is 2.58 bits per heavy atom. The van der Waals surface area contributed by atoms with Gasteiger partial charge in [0.15, 0.2) is 17.3 Å². The third-order valence-electron chi connectivity index (χ3n) is 4.79. The molecule has 1 aliphatic rings. The summed E-state index contributed by atoms with van der Waals surface area (Å²) in [6, 6.07) is 14.6. The van der Waals surface area contributed by atoms with Crippen LogP contribution in [0.5, 0.6) is 23.0 Å². The number of ketones is 1. The molecule has 3 aromatic carbocycles. The van der Waals surface area contributed by atoms with Crippen molar-refractivity contribution in [3.05, 3.63) is 87.9 Å². The number of hydrogen-bond donors (Lipinski definition) is 0. The molecule has 0 bridgehead atoms. The van der Waals surface area contributed by atoms with E-state index < -0.39 is 5.82 Å². The highest BCUT2D eigenvalue weighted by Crippen LogP contribution is 2.36. The van der Waals surface area contributed by atoms with E-state index in [9.17, 15) is 9.18 Å². The molecule has 0 saturated heterocycles. The first-order valence-corrected chi connectivity index (χ1v) is 9.74. The summed E-state index contributed by atoms with van der Waals surface area (Å²) >= 11 is 6.03. The van der Waals surface area contributed by atoms with Gasteiger partial charge in [-0.05, 0) is 48.0 Å². The molecule has 3 aromatic rings. The fraction of sp³-hybridized carbons (Fsp3) is 0.125. The van der Waals surface area contributed by atoms with E-state index in [1.807, 2.05) is 0 Å². The molecule has 0 unspecified atom stereocenters. The average Bonchev–Trinajstić information content (AvgIpc) is 3.07. The van der Waals surface area contributed by atoms with Crippen molar-refractivity contribution in [1.29, 1.82) is 0 Å². The van der Waals surface area contributed by atoms with Crippen molar-refractivity contribution in [1.82, 2.24) is 0 Å². The van der Waals surface area contributed by atoms with Gasteiger partial charge in [-0.1, -0.05) is 23.7 Å². The van der Waals surface area contributed by atoms with E-state index in [0.717, 1.165) is 5.56 Å². The first-order valence-electron chi connectivity index (χ1n) is 9.36. The van der Waals surface area contributed by atoms with Crippen LogP contribution in [0.25, 0.3) is 6.08 Å². The smallest absolute Gasteiger partial charge is 0.231 e. The van der Waals surface area contributed by atoms with Crippen LogP contribution in [0.1, 0.15) is 21.5 Å². The largest absolute Gasteiger partial charge is 0.493 e. The first kappa shape index (κ1) is 20.8. The topological polar surface area (TPSA) is 54.0 Å². The Morgan fingerprint density at radius 2 is 1.84 bits per heavy atom. The minimum atomic E-state index is -0.444. The van der Waals surface area contributed by atoms with Gasteiger partial charge in [-0.15, -0.1) is 0 Å². The number of Topliss-reactive ketones (excluding diaryl/α,β-unsaturated/α-hetero) is 1. The maximum atomic E-state index is 13.9. The number of methoxy groups -OCH3 is 2. The van der Waals surface area contributed by atoms with Gasteiger partial charge in [-0.25, -0.2) is 4.39 Å². The van der Waals surface area contributed by atoms with Crippen molar-refractivity contribution < 1.29 is 28.1 Å². The number of hydrogen-bond acceptors (Lipinski definition) is 5. The molecule has 7 heteroatoms. The molecule has 31 heavy (non-hydrogen) atoms. The van der Waals surface area contributed by atoms with Crippen molar-refractivity contribution in [2.45, 2.75) is 6.61 Å². The zero-order valence-corrected chi connectivity index (χ0v) is 17.5. The standard InChI is InChI=1S/C24H18ClFO5/c1-28-20-9-6-14(10-22(20)29-2)11-23-24(27)16-8-7-15(12-21(16)31-23)30-13-17-18(25)4-3-5-19(17)26/h3-12H,13H2,1-2H3. The van der Waals surface area contributed by atoms with Crippen LogP contribution in [0.2, 0.25) is 5.02 Å². The van der Waals surface area contributed by atoms with Gasteiger partial charge >= 0.3 is 0 Å². The maximum Gasteiger partial charge on any atom is 0.231 e. The third kappa shape index (κ3) is 4.20. The summed E-state index contributed by atoms with van der Waals surface area (Å²) in [6.45, 7) is -0.0490. The summed E-state index contributed by atoms with van der Waals surface area (Å²) in [5.41, 5.74) is 1.40.